The molecular weight excluding hydrogens is 324 g/mol. The van der Waals surface area contributed by atoms with E-state index in [1.54, 1.807) is 42.6 Å². The second-order valence-electron chi connectivity index (χ2n) is 4.79. The third kappa shape index (κ3) is 5.03. The predicted molar refractivity (Wildman–Crippen MR) is 91.4 cm³/mol. The molecule has 0 atom stereocenters. The molecule has 1 heterocycles. The number of amides is 2. The molecule has 130 valence electrons. The molecule has 1 aromatic carbocycles. The number of carbonyl (C=O) groups excluding carboxylic acids is 2. The zero-order valence-corrected chi connectivity index (χ0v) is 13.9. The molecule has 25 heavy (non-hydrogen) atoms. The molecule has 0 saturated heterocycles. The van der Waals surface area contributed by atoms with Crippen molar-refractivity contribution in [2.24, 2.45) is 5.10 Å². The van der Waals surface area contributed by atoms with E-state index in [9.17, 15) is 9.59 Å². The summed E-state index contributed by atoms with van der Waals surface area (Å²) in [6.45, 7) is 0.153. The SMILES string of the molecule is COc1cccc(C=NNC(=O)C(=O)NCc2ccccn2)c1OC. The van der Waals surface area contributed by atoms with Gasteiger partial charge in [0.25, 0.3) is 0 Å². The summed E-state index contributed by atoms with van der Waals surface area (Å²) in [6.07, 6.45) is 2.97. The van der Waals surface area contributed by atoms with Crippen LogP contribution in [0.4, 0.5) is 0 Å². The van der Waals surface area contributed by atoms with Gasteiger partial charge in [-0.2, -0.15) is 5.10 Å². The number of rotatable bonds is 6. The Morgan fingerprint density at radius 2 is 1.96 bits per heavy atom. The van der Waals surface area contributed by atoms with Gasteiger partial charge in [-0.15, -0.1) is 0 Å². The van der Waals surface area contributed by atoms with Crippen molar-refractivity contribution in [3.05, 3.63) is 53.9 Å². The smallest absolute Gasteiger partial charge is 0.329 e. The lowest BCUT2D eigenvalue weighted by atomic mass is 10.2. The van der Waals surface area contributed by atoms with E-state index in [0.717, 1.165) is 0 Å². The molecule has 0 aliphatic carbocycles. The van der Waals surface area contributed by atoms with Crippen LogP contribution < -0.4 is 20.2 Å². The number of para-hydroxylation sites is 1. The van der Waals surface area contributed by atoms with Crippen LogP contribution in [0, 0.1) is 0 Å². The molecule has 0 spiro atoms. The van der Waals surface area contributed by atoms with E-state index in [1.165, 1.54) is 20.4 Å². The Hall–Kier alpha value is -3.42. The third-order valence-corrected chi connectivity index (χ3v) is 3.17. The fraction of sp³-hybridized carbons (Fsp3) is 0.176. The first kappa shape index (κ1) is 17.9. The second-order valence-corrected chi connectivity index (χ2v) is 4.79. The van der Waals surface area contributed by atoms with Crippen LogP contribution in [0.25, 0.3) is 0 Å². The van der Waals surface area contributed by atoms with Crippen molar-refractivity contribution in [2.75, 3.05) is 14.2 Å². The third-order valence-electron chi connectivity index (χ3n) is 3.17. The number of pyridine rings is 1. The Labute approximate surface area is 144 Å². The van der Waals surface area contributed by atoms with Gasteiger partial charge in [-0.3, -0.25) is 14.6 Å². The van der Waals surface area contributed by atoms with Gasteiger partial charge in [-0.05, 0) is 24.3 Å². The summed E-state index contributed by atoms with van der Waals surface area (Å²) in [5, 5.41) is 6.22. The van der Waals surface area contributed by atoms with Crippen molar-refractivity contribution in [1.82, 2.24) is 15.7 Å². The van der Waals surface area contributed by atoms with Gasteiger partial charge in [0.1, 0.15) is 0 Å². The molecule has 0 bridgehead atoms. The van der Waals surface area contributed by atoms with Gasteiger partial charge in [0.2, 0.25) is 0 Å². The molecule has 0 unspecified atom stereocenters. The molecule has 0 saturated carbocycles. The van der Waals surface area contributed by atoms with Gasteiger partial charge < -0.3 is 14.8 Å². The van der Waals surface area contributed by atoms with Crippen LogP contribution in [0.3, 0.4) is 0 Å². The average molecular weight is 342 g/mol. The summed E-state index contributed by atoms with van der Waals surface area (Å²) in [6, 6.07) is 10.5. The van der Waals surface area contributed by atoms with Crippen molar-refractivity contribution >= 4 is 18.0 Å². The van der Waals surface area contributed by atoms with Crippen LogP contribution in [0.5, 0.6) is 11.5 Å². The Bertz CT molecular complexity index is 762. The van der Waals surface area contributed by atoms with Crippen LogP contribution in [0.2, 0.25) is 0 Å². The topological polar surface area (TPSA) is 102 Å². The molecule has 8 heteroatoms. The minimum absolute atomic E-state index is 0.153. The number of carbonyl (C=O) groups is 2. The van der Waals surface area contributed by atoms with Crippen LogP contribution in [0.1, 0.15) is 11.3 Å². The highest BCUT2D eigenvalue weighted by Gasteiger charge is 2.12. The van der Waals surface area contributed by atoms with E-state index < -0.39 is 11.8 Å². The number of methoxy groups -OCH3 is 2. The molecular formula is C17H18N4O4. The van der Waals surface area contributed by atoms with Crippen LogP contribution in [-0.2, 0) is 16.1 Å². The highest BCUT2D eigenvalue weighted by atomic mass is 16.5. The Balaban J connectivity index is 1.91. The van der Waals surface area contributed by atoms with E-state index in [1.807, 2.05) is 0 Å². The Morgan fingerprint density at radius 3 is 2.64 bits per heavy atom. The maximum Gasteiger partial charge on any atom is 0.329 e. The molecule has 1 aromatic heterocycles. The summed E-state index contributed by atoms with van der Waals surface area (Å²) in [5.41, 5.74) is 3.40. The van der Waals surface area contributed by atoms with Crippen LogP contribution in [-0.4, -0.2) is 37.2 Å². The summed E-state index contributed by atoms with van der Waals surface area (Å²) in [7, 11) is 3.02. The number of ether oxygens (including phenoxy) is 2. The van der Waals surface area contributed by atoms with Gasteiger partial charge in [0.15, 0.2) is 11.5 Å². The molecule has 0 aliphatic rings. The van der Waals surface area contributed by atoms with Crippen molar-refractivity contribution in [3.8, 4) is 11.5 Å². The maximum absolute atomic E-state index is 11.7. The zero-order valence-electron chi connectivity index (χ0n) is 13.9. The summed E-state index contributed by atoms with van der Waals surface area (Å²) in [4.78, 5) is 27.5. The standard InChI is InChI=1S/C17H18N4O4/c1-24-14-8-5-6-12(15(14)25-2)10-20-21-17(23)16(22)19-11-13-7-3-4-9-18-13/h3-10H,11H2,1-2H3,(H,19,22)(H,21,23). The van der Waals surface area contributed by atoms with Gasteiger partial charge in [-0.25, -0.2) is 5.43 Å². The van der Waals surface area contributed by atoms with Crippen molar-refractivity contribution < 1.29 is 19.1 Å². The normalized spacial score (nSPS) is 10.3. The maximum atomic E-state index is 11.7. The quantitative estimate of drug-likeness (QED) is 0.461. The van der Waals surface area contributed by atoms with E-state index in [-0.39, 0.29) is 6.54 Å². The van der Waals surface area contributed by atoms with Crippen LogP contribution in [0.15, 0.2) is 47.7 Å². The van der Waals surface area contributed by atoms with E-state index in [0.29, 0.717) is 22.8 Å². The minimum Gasteiger partial charge on any atom is -0.493 e. The van der Waals surface area contributed by atoms with Crippen molar-refractivity contribution in [3.63, 3.8) is 0 Å². The first-order valence-electron chi connectivity index (χ1n) is 7.38. The summed E-state index contributed by atoms with van der Waals surface area (Å²) >= 11 is 0. The highest BCUT2D eigenvalue weighted by Crippen LogP contribution is 2.29. The molecule has 0 radical (unpaired) electrons. The molecule has 2 N–H and O–H groups in total. The number of hydrogen-bond donors (Lipinski definition) is 2. The molecule has 2 rings (SSSR count). The Morgan fingerprint density at radius 1 is 1.12 bits per heavy atom. The first-order chi connectivity index (χ1) is 12.2. The van der Waals surface area contributed by atoms with Gasteiger partial charge in [0.05, 0.1) is 32.7 Å². The monoisotopic (exact) mass is 342 g/mol. The largest absolute Gasteiger partial charge is 0.493 e. The lowest BCUT2D eigenvalue weighted by molar-refractivity contribution is -0.139. The first-order valence-corrected chi connectivity index (χ1v) is 7.38. The van der Waals surface area contributed by atoms with Gasteiger partial charge >= 0.3 is 11.8 Å². The Kier molecular flexibility index (Phi) is 6.47. The second kappa shape index (κ2) is 9.02. The van der Waals surface area contributed by atoms with E-state index in [2.05, 4.69) is 20.8 Å². The molecule has 8 nitrogen and oxygen atoms in total. The molecule has 0 fully saturated rings. The predicted octanol–water partition coefficient (Wildman–Crippen LogP) is 0.865. The van der Waals surface area contributed by atoms with Crippen LogP contribution >= 0.6 is 0 Å². The van der Waals surface area contributed by atoms with Gasteiger partial charge in [0, 0.05) is 11.8 Å². The molecule has 2 aromatic rings. The fourth-order valence-electron chi connectivity index (χ4n) is 1.98. The summed E-state index contributed by atoms with van der Waals surface area (Å²) in [5.74, 6) is -0.678. The lowest BCUT2D eigenvalue weighted by Gasteiger charge is -2.09. The molecule has 2 amide bonds. The fourth-order valence-corrected chi connectivity index (χ4v) is 1.98. The number of hydrazone groups is 1. The minimum atomic E-state index is -0.881. The average Bonchev–Trinajstić information content (AvgIpc) is 2.66. The van der Waals surface area contributed by atoms with Gasteiger partial charge in [-0.1, -0.05) is 12.1 Å². The highest BCUT2D eigenvalue weighted by molar-refractivity contribution is 6.35. The summed E-state index contributed by atoms with van der Waals surface area (Å²) < 4.78 is 10.4. The lowest BCUT2D eigenvalue weighted by Crippen LogP contribution is -2.37. The number of benzene rings is 1. The van der Waals surface area contributed by atoms with Crippen molar-refractivity contribution in [1.29, 1.82) is 0 Å². The number of nitrogens with zero attached hydrogens (tertiary/aromatic N) is 2. The number of hydrogen-bond acceptors (Lipinski definition) is 6. The number of aromatic nitrogens is 1. The van der Waals surface area contributed by atoms with E-state index >= 15 is 0 Å². The van der Waals surface area contributed by atoms with Crippen molar-refractivity contribution in [2.45, 2.75) is 6.54 Å². The van der Waals surface area contributed by atoms with E-state index in [4.69, 9.17) is 9.47 Å². The zero-order chi connectivity index (χ0) is 18.1. The molecule has 0 aliphatic heterocycles. The number of nitrogens with one attached hydrogen (secondary N) is 2.